The van der Waals surface area contributed by atoms with E-state index in [2.05, 4.69) is 15.5 Å². The molecule has 1 amide bonds. The van der Waals surface area contributed by atoms with Gasteiger partial charge in [-0.3, -0.25) is 4.79 Å². The van der Waals surface area contributed by atoms with Crippen LogP contribution in [0.25, 0.3) is 0 Å². The first-order chi connectivity index (χ1) is 8.93. The Hall–Kier alpha value is -1.22. The Morgan fingerprint density at radius 2 is 2.26 bits per heavy atom. The molecule has 1 N–H and O–H groups in total. The molecule has 2 heterocycles. The molecular weight excluding hydrogens is 288 g/mol. The third-order valence-corrected chi connectivity index (χ3v) is 5.63. The highest BCUT2D eigenvalue weighted by Gasteiger charge is 2.34. The first kappa shape index (κ1) is 14.2. The maximum atomic E-state index is 12.2. The van der Waals surface area contributed by atoms with Gasteiger partial charge in [0.05, 0.1) is 11.5 Å². The van der Waals surface area contributed by atoms with Crippen LogP contribution >= 0.6 is 11.3 Å². The highest BCUT2D eigenvalue weighted by molar-refractivity contribution is 7.91. The maximum absolute atomic E-state index is 12.2. The van der Waals surface area contributed by atoms with E-state index in [1.807, 2.05) is 6.92 Å². The third kappa shape index (κ3) is 3.21. The zero-order valence-electron chi connectivity index (χ0n) is 10.8. The minimum absolute atomic E-state index is 0.0358. The number of aromatic nitrogens is 2. The summed E-state index contributed by atoms with van der Waals surface area (Å²) in [6.45, 7) is 2.64. The number of carbonyl (C=O) groups excluding carboxylic acids is 1. The van der Waals surface area contributed by atoms with Crippen LogP contribution in [0.1, 0.15) is 23.1 Å². The summed E-state index contributed by atoms with van der Waals surface area (Å²) in [7, 11) is -1.39. The van der Waals surface area contributed by atoms with Gasteiger partial charge in [-0.2, -0.15) is 0 Å². The van der Waals surface area contributed by atoms with Gasteiger partial charge in [0.1, 0.15) is 0 Å². The summed E-state index contributed by atoms with van der Waals surface area (Å²) >= 11 is 1.18. The monoisotopic (exact) mass is 304 g/mol. The standard InChI is InChI=1S/C10H16N4O3S2/c1-3-11-10-13-12-8(18-10)9(15)14(2)7-4-5-19(16,17)6-7/h7H,3-6H2,1-2H3,(H,11,13). The molecule has 19 heavy (non-hydrogen) atoms. The number of anilines is 1. The predicted molar refractivity (Wildman–Crippen MR) is 73.2 cm³/mol. The van der Waals surface area contributed by atoms with E-state index in [1.54, 1.807) is 7.05 Å². The van der Waals surface area contributed by atoms with Gasteiger partial charge in [0.15, 0.2) is 9.84 Å². The zero-order chi connectivity index (χ0) is 14.0. The molecule has 1 unspecified atom stereocenters. The van der Waals surface area contributed by atoms with Crippen LogP contribution in [-0.2, 0) is 9.84 Å². The van der Waals surface area contributed by atoms with E-state index >= 15 is 0 Å². The Labute approximate surface area is 115 Å². The lowest BCUT2D eigenvalue weighted by Crippen LogP contribution is -2.37. The molecule has 9 heteroatoms. The molecule has 0 spiro atoms. The van der Waals surface area contributed by atoms with E-state index in [-0.39, 0.29) is 28.5 Å². The van der Waals surface area contributed by atoms with Gasteiger partial charge < -0.3 is 10.2 Å². The lowest BCUT2D eigenvalue weighted by molar-refractivity contribution is 0.0746. The molecule has 0 bridgehead atoms. The van der Waals surface area contributed by atoms with E-state index < -0.39 is 9.84 Å². The van der Waals surface area contributed by atoms with Crippen molar-refractivity contribution in [1.82, 2.24) is 15.1 Å². The molecule has 0 radical (unpaired) electrons. The van der Waals surface area contributed by atoms with Crippen molar-refractivity contribution in [2.75, 3.05) is 30.4 Å². The molecule has 1 fully saturated rings. The van der Waals surface area contributed by atoms with Crippen LogP contribution in [0.3, 0.4) is 0 Å². The van der Waals surface area contributed by atoms with Crippen molar-refractivity contribution in [3.05, 3.63) is 5.01 Å². The molecule has 1 atom stereocenters. The summed E-state index contributed by atoms with van der Waals surface area (Å²) in [6, 6.07) is -0.260. The average molecular weight is 304 g/mol. The molecule has 0 aromatic carbocycles. The van der Waals surface area contributed by atoms with Gasteiger partial charge in [-0.25, -0.2) is 8.42 Å². The van der Waals surface area contributed by atoms with Crippen LogP contribution in [0.5, 0.6) is 0 Å². The molecule has 1 aromatic rings. The van der Waals surface area contributed by atoms with E-state index in [0.717, 1.165) is 0 Å². The van der Waals surface area contributed by atoms with Gasteiger partial charge in [0.2, 0.25) is 10.1 Å². The number of nitrogens with zero attached hydrogens (tertiary/aromatic N) is 3. The Morgan fingerprint density at radius 3 is 2.84 bits per heavy atom. The number of amides is 1. The highest BCUT2D eigenvalue weighted by atomic mass is 32.2. The number of rotatable bonds is 4. The van der Waals surface area contributed by atoms with Gasteiger partial charge in [-0.05, 0) is 13.3 Å². The number of hydrogen-bond donors (Lipinski definition) is 1. The number of nitrogens with one attached hydrogen (secondary N) is 1. The quantitative estimate of drug-likeness (QED) is 0.856. The molecule has 0 aliphatic carbocycles. The van der Waals surface area contributed by atoms with Crippen LogP contribution in [0.2, 0.25) is 0 Å². The Kier molecular flexibility index (Phi) is 4.04. The first-order valence-corrected chi connectivity index (χ1v) is 8.61. The predicted octanol–water partition coefficient (Wildman–Crippen LogP) is 0.229. The maximum Gasteiger partial charge on any atom is 0.284 e. The molecule has 1 saturated heterocycles. The van der Waals surface area contributed by atoms with Crippen molar-refractivity contribution < 1.29 is 13.2 Å². The van der Waals surface area contributed by atoms with Gasteiger partial charge in [0.25, 0.3) is 5.91 Å². The van der Waals surface area contributed by atoms with Gasteiger partial charge in [0, 0.05) is 19.6 Å². The lowest BCUT2D eigenvalue weighted by Gasteiger charge is -2.21. The largest absolute Gasteiger partial charge is 0.360 e. The van der Waals surface area contributed by atoms with Gasteiger partial charge in [-0.15, -0.1) is 10.2 Å². The number of carbonyl (C=O) groups is 1. The second kappa shape index (κ2) is 5.41. The van der Waals surface area contributed by atoms with E-state index in [1.165, 1.54) is 16.2 Å². The molecular formula is C10H16N4O3S2. The summed E-state index contributed by atoms with van der Waals surface area (Å²) in [4.78, 5) is 13.6. The van der Waals surface area contributed by atoms with Crippen LogP contribution < -0.4 is 5.32 Å². The van der Waals surface area contributed by atoms with Crippen molar-refractivity contribution >= 4 is 32.2 Å². The zero-order valence-corrected chi connectivity index (χ0v) is 12.4. The summed E-state index contributed by atoms with van der Waals surface area (Å²) in [5.41, 5.74) is 0. The fourth-order valence-corrected chi connectivity index (χ4v) is 4.50. The second-order valence-corrected chi connectivity index (χ2v) is 7.62. The minimum atomic E-state index is -3.00. The summed E-state index contributed by atoms with van der Waals surface area (Å²) in [5, 5.41) is 11.5. The van der Waals surface area contributed by atoms with Gasteiger partial charge in [-0.1, -0.05) is 11.3 Å². The molecule has 2 rings (SSSR count). The molecule has 1 aliphatic rings. The number of sulfone groups is 1. The topological polar surface area (TPSA) is 92.3 Å². The molecule has 1 aromatic heterocycles. The smallest absolute Gasteiger partial charge is 0.284 e. The van der Waals surface area contributed by atoms with Crippen LogP contribution in [-0.4, -0.2) is 60.6 Å². The van der Waals surface area contributed by atoms with Crippen molar-refractivity contribution in [2.45, 2.75) is 19.4 Å². The fourth-order valence-electron chi connectivity index (χ4n) is 1.93. The molecule has 7 nitrogen and oxygen atoms in total. The van der Waals surface area contributed by atoms with E-state index in [9.17, 15) is 13.2 Å². The summed E-state index contributed by atoms with van der Waals surface area (Å²) in [6.07, 6.45) is 0.490. The third-order valence-electron chi connectivity index (χ3n) is 3.01. The SMILES string of the molecule is CCNc1nnc(C(=O)N(C)C2CCS(=O)(=O)C2)s1. The van der Waals surface area contributed by atoms with Crippen molar-refractivity contribution in [1.29, 1.82) is 0 Å². The highest BCUT2D eigenvalue weighted by Crippen LogP contribution is 2.21. The molecule has 0 saturated carbocycles. The summed E-state index contributed by atoms with van der Waals surface area (Å²) < 4.78 is 22.8. The Bertz CT molecular complexity index is 569. The minimum Gasteiger partial charge on any atom is -0.360 e. The second-order valence-electron chi connectivity index (χ2n) is 4.42. The molecule has 1 aliphatic heterocycles. The van der Waals surface area contributed by atoms with Crippen LogP contribution in [0.15, 0.2) is 0 Å². The summed E-state index contributed by atoms with van der Waals surface area (Å²) in [5.74, 6) is -0.0916. The Morgan fingerprint density at radius 1 is 1.53 bits per heavy atom. The number of hydrogen-bond acceptors (Lipinski definition) is 7. The van der Waals surface area contributed by atoms with Gasteiger partial charge >= 0.3 is 0 Å². The molecule has 106 valence electrons. The van der Waals surface area contributed by atoms with Crippen LogP contribution in [0.4, 0.5) is 5.13 Å². The van der Waals surface area contributed by atoms with Crippen molar-refractivity contribution in [2.24, 2.45) is 0 Å². The van der Waals surface area contributed by atoms with E-state index in [0.29, 0.717) is 18.1 Å². The first-order valence-electron chi connectivity index (χ1n) is 5.98. The normalized spacial score (nSPS) is 21.3. The van der Waals surface area contributed by atoms with Crippen LogP contribution in [0, 0.1) is 0 Å². The lowest BCUT2D eigenvalue weighted by atomic mass is 10.2. The van der Waals surface area contributed by atoms with Crippen molar-refractivity contribution in [3.8, 4) is 0 Å². The van der Waals surface area contributed by atoms with Crippen molar-refractivity contribution in [3.63, 3.8) is 0 Å². The van der Waals surface area contributed by atoms with E-state index in [4.69, 9.17) is 0 Å². The Balaban J connectivity index is 2.06. The fraction of sp³-hybridized carbons (Fsp3) is 0.700. The average Bonchev–Trinajstić information content (AvgIpc) is 2.94.